The van der Waals surface area contributed by atoms with Crippen molar-refractivity contribution in [1.29, 1.82) is 0 Å². The second-order valence-electron chi connectivity index (χ2n) is 9.08. The summed E-state index contributed by atoms with van der Waals surface area (Å²) in [5.41, 5.74) is 0.934. The summed E-state index contributed by atoms with van der Waals surface area (Å²) >= 11 is 0. The molecule has 0 N–H and O–H groups in total. The summed E-state index contributed by atoms with van der Waals surface area (Å²) in [6, 6.07) is 17.7. The SMILES string of the molecule is CN(C)C(=O)N1CCN(C(=O)[C@@H]2CC[C@H](c3ccccc3)N(S(=O)(=O)c3ccccc3)C2)CC1. The molecular formula is C25H32N4O4S. The number of urea groups is 1. The van der Waals surface area contributed by atoms with Gasteiger partial charge in [-0.1, -0.05) is 48.5 Å². The molecular weight excluding hydrogens is 452 g/mol. The second kappa shape index (κ2) is 10.1. The van der Waals surface area contributed by atoms with E-state index in [-0.39, 0.29) is 29.4 Å². The normalized spacial score (nSPS) is 21.8. The molecule has 3 amide bonds. The maximum atomic E-state index is 13.6. The summed E-state index contributed by atoms with van der Waals surface area (Å²) in [6.45, 7) is 2.03. The van der Waals surface area contributed by atoms with Gasteiger partial charge in [0.2, 0.25) is 15.9 Å². The third-order valence-electron chi connectivity index (χ3n) is 6.66. The number of carbonyl (C=O) groups excluding carboxylic acids is 2. The molecule has 182 valence electrons. The summed E-state index contributed by atoms with van der Waals surface area (Å²) in [5.74, 6) is -0.439. The highest BCUT2D eigenvalue weighted by molar-refractivity contribution is 7.89. The van der Waals surface area contributed by atoms with Crippen LogP contribution in [-0.2, 0) is 14.8 Å². The van der Waals surface area contributed by atoms with Gasteiger partial charge < -0.3 is 14.7 Å². The van der Waals surface area contributed by atoms with Gasteiger partial charge in [0.15, 0.2) is 0 Å². The highest BCUT2D eigenvalue weighted by Crippen LogP contribution is 2.38. The van der Waals surface area contributed by atoms with Crippen LogP contribution in [0.5, 0.6) is 0 Å². The highest BCUT2D eigenvalue weighted by Gasteiger charge is 2.41. The van der Waals surface area contributed by atoms with Gasteiger partial charge in [-0.15, -0.1) is 0 Å². The Hall–Kier alpha value is -2.91. The number of amides is 3. The first kappa shape index (κ1) is 24.2. The molecule has 9 heteroatoms. The smallest absolute Gasteiger partial charge is 0.319 e. The Kier molecular flexibility index (Phi) is 7.23. The molecule has 2 saturated heterocycles. The van der Waals surface area contributed by atoms with E-state index in [1.165, 1.54) is 9.21 Å². The van der Waals surface area contributed by atoms with Gasteiger partial charge in [-0.2, -0.15) is 4.31 Å². The second-order valence-corrected chi connectivity index (χ2v) is 11.0. The maximum Gasteiger partial charge on any atom is 0.319 e. The van der Waals surface area contributed by atoms with Gasteiger partial charge in [-0.3, -0.25) is 4.79 Å². The number of hydrogen-bond acceptors (Lipinski definition) is 4. The molecule has 2 atom stereocenters. The molecule has 0 bridgehead atoms. The number of hydrogen-bond donors (Lipinski definition) is 0. The van der Waals surface area contributed by atoms with Crippen LogP contribution < -0.4 is 0 Å². The largest absolute Gasteiger partial charge is 0.339 e. The van der Waals surface area contributed by atoms with E-state index in [9.17, 15) is 18.0 Å². The first-order valence-electron chi connectivity index (χ1n) is 11.7. The molecule has 2 aliphatic heterocycles. The van der Waals surface area contributed by atoms with Crippen molar-refractivity contribution < 1.29 is 18.0 Å². The van der Waals surface area contributed by atoms with E-state index in [0.717, 1.165) is 5.56 Å². The van der Waals surface area contributed by atoms with Crippen molar-refractivity contribution in [2.45, 2.75) is 23.8 Å². The van der Waals surface area contributed by atoms with E-state index >= 15 is 0 Å². The molecule has 2 aromatic rings. The molecule has 8 nitrogen and oxygen atoms in total. The first-order chi connectivity index (χ1) is 16.3. The highest BCUT2D eigenvalue weighted by atomic mass is 32.2. The number of piperazine rings is 1. The van der Waals surface area contributed by atoms with E-state index in [0.29, 0.717) is 39.0 Å². The molecule has 0 saturated carbocycles. The summed E-state index contributed by atoms with van der Waals surface area (Å²) in [4.78, 5) is 30.9. The van der Waals surface area contributed by atoms with Crippen molar-refractivity contribution in [3.8, 4) is 0 Å². The molecule has 0 aromatic heterocycles. The zero-order valence-electron chi connectivity index (χ0n) is 19.7. The minimum absolute atomic E-state index is 0.0308. The molecule has 2 aromatic carbocycles. The van der Waals surface area contributed by atoms with Gasteiger partial charge in [-0.25, -0.2) is 13.2 Å². The zero-order valence-corrected chi connectivity index (χ0v) is 20.5. The number of nitrogens with zero attached hydrogens (tertiary/aromatic N) is 4. The molecule has 0 aliphatic carbocycles. The Morgan fingerprint density at radius 3 is 1.97 bits per heavy atom. The minimum Gasteiger partial charge on any atom is -0.339 e. The van der Waals surface area contributed by atoms with Gasteiger partial charge in [-0.05, 0) is 30.5 Å². The van der Waals surface area contributed by atoms with Crippen LogP contribution >= 0.6 is 0 Å². The molecule has 34 heavy (non-hydrogen) atoms. The fourth-order valence-electron chi connectivity index (χ4n) is 4.80. The monoisotopic (exact) mass is 484 g/mol. The van der Waals surface area contributed by atoms with Crippen molar-refractivity contribution in [2.75, 3.05) is 46.8 Å². The van der Waals surface area contributed by atoms with Gasteiger partial charge in [0.25, 0.3) is 0 Å². The lowest BCUT2D eigenvalue weighted by atomic mass is 9.90. The fraction of sp³-hybridized carbons (Fsp3) is 0.440. The number of carbonyl (C=O) groups is 2. The van der Waals surface area contributed by atoms with Crippen molar-refractivity contribution in [3.63, 3.8) is 0 Å². The number of rotatable bonds is 4. The third kappa shape index (κ3) is 4.95. The van der Waals surface area contributed by atoms with Crippen molar-refractivity contribution in [1.82, 2.24) is 19.0 Å². The number of benzene rings is 2. The number of sulfonamides is 1. The fourth-order valence-corrected chi connectivity index (χ4v) is 6.51. The Balaban J connectivity index is 1.53. The molecule has 2 aliphatic rings. The number of piperidine rings is 1. The maximum absolute atomic E-state index is 13.6. The van der Waals surface area contributed by atoms with Crippen LogP contribution in [0.1, 0.15) is 24.4 Å². The molecule has 4 rings (SSSR count). The molecule has 2 heterocycles. The van der Waals surface area contributed by atoms with E-state index < -0.39 is 15.9 Å². The van der Waals surface area contributed by atoms with Gasteiger partial charge in [0.05, 0.1) is 16.9 Å². The molecule has 2 fully saturated rings. The van der Waals surface area contributed by atoms with Crippen LogP contribution in [0.3, 0.4) is 0 Å². The minimum atomic E-state index is -3.78. The van der Waals surface area contributed by atoms with Crippen LogP contribution in [0.25, 0.3) is 0 Å². The Morgan fingerprint density at radius 2 is 1.38 bits per heavy atom. The third-order valence-corrected chi connectivity index (χ3v) is 8.55. The van der Waals surface area contributed by atoms with Crippen LogP contribution in [0.4, 0.5) is 4.79 Å². The zero-order chi connectivity index (χ0) is 24.3. The lowest BCUT2D eigenvalue weighted by Crippen LogP contribution is -2.55. The quantitative estimate of drug-likeness (QED) is 0.668. The summed E-state index contributed by atoms with van der Waals surface area (Å²) in [7, 11) is -0.352. The van der Waals surface area contributed by atoms with Gasteiger partial charge in [0, 0.05) is 46.8 Å². The summed E-state index contributed by atoms with van der Waals surface area (Å²) in [6.07, 6.45) is 1.20. The Labute approximate surface area is 201 Å². The molecule has 0 radical (unpaired) electrons. The van der Waals surface area contributed by atoms with Crippen LogP contribution in [0.15, 0.2) is 65.6 Å². The van der Waals surface area contributed by atoms with Gasteiger partial charge in [0.1, 0.15) is 0 Å². The average molecular weight is 485 g/mol. The molecule has 0 spiro atoms. The van der Waals surface area contributed by atoms with Crippen LogP contribution in [0, 0.1) is 5.92 Å². The van der Waals surface area contributed by atoms with Crippen LogP contribution in [0.2, 0.25) is 0 Å². The van der Waals surface area contributed by atoms with E-state index in [4.69, 9.17) is 0 Å². The summed E-state index contributed by atoms with van der Waals surface area (Å²) in [5, 5.41) is 0. The van der Waals surface area contributed by atoms with E-state index in [1.807, 2.05) is 30.3 Å². The Morgan fingerprint density at radius 1 is 0.824 bits per heavy atom. The van der Waals surface area contributed by atoms with E-state index in [2.05, 4.69) is 0 Å². The van der Waals surface area contributed by atoms with Crippen molar-refractivity contribution in [2.24, 2.45) is 5.92 Å². The van der Waals surface area contributed by atoms with Gasteiger partial charge >= 0.3 is 6.03 Å². The Bertz CT molecular complexity index is 1100. The summed E-state index contributed by atoms with van der Waals surface area (Å²) < 4.78 is 28.8. The lowest BCUT2D eigenvalue weighted by Gasteiger charge is -2.41. The lowest BCUT2D eigenvalue weighted by molar-refractivity contribution is -0.138. The van der Waals surface area contributed by atoms with Crippen molar-refractivity contribution in [3.05, 3.63) is 66.2 Å². The topological polar surface area (TPSA) is 81.2 Å². The van der Waals surface area contributed by atoms with E-state index in [1.54, 1.807) is 54.2 Å². The predicted molar refractivity (Wildman–Crippen MR) is 129 cm³/mol. The molecule has 0 unspecified atom stereocenters. The predicted octanol–water partition coefficient (Wildman–Crippen LogP) is 2.65. The van der Waals surface area contributed by atoms with Crippen LogP contribution in [-0.4, -0.2) is 86.2 Å². The average Bonchev–Trinajstić information content (AvgIpc) is 2.88. The van der Waals surface area contributed by atoms with Crippen molar-refractivity contribution >= 4 is 22.0 Å². The first-order valence-corrected chi connectivity index (χ1v) is 13.1. The standard InChI is InChI=1S/C25H32N4O4S/c1-26(2)25(31)28-17-15-27(16-18-28)24(30)21-13-14-23(20-9-5-3-6-10-20)29(19-21)34(32,33)22-11-7-4-8-12-22/h3-12,21,23H,13-19H2,1-2H3/t21-,23-/m1/s1.